The van der Waals surface area contributed by atoms with Crippen molar-refractivity contribution >= 4 is 49.0 Å². The molecule has 0 saturated carbocycles. The molecule has 5 rings (SSSR count). The molecule has 1 radical (unpaired) electrons. The van der Waals surface area contributed by atoms with Gasteiger partial charge in [-0.3, -0.25) is 6.08 Å². The van der Waals surface area contributed by atoms with Gasteiger partial charge in [-0.2, -0.15) is 5.56 Å². The molecule has 0 fully saturated rings. The molecule has 119 valence electrons. The summed E-state index contributed by atoms with van der Waals surface area (Å²) in [6.07, 6.45) is 5.66. The Labute approximate surface area is 144 Å². The van der Waals surface area contributed by atoms with Gasteiger partial charge in [0.2, 0.25) is 0 Å². The first-order valence-corrected chi connectivity index (χ1v) is 9.40. The molecule has 0 nitrogen and oxygen atoms in total. The van der Waals surface area contributed by atoms with Crippen LogP contribution >= 0.6 is 0 Å². The Bertz CT molecular complexity index is 1090. The summed E-state index contributed by atoms with van der Waals surface area (Å²) in [5, 5.41) is 5.67. The van der Waals surface area contributed by atoms with Crippen LogP contribution in [0.5, 0.6) is 0 Å². The molecule has 0 saturated heterocycles. The standard InChI is InChI=1S/C22H16.Al.Bk.2H/c1-13-3-5-15-7-9-17-11-12-18-10-8-16-6-4-14(2)20(16)22(18)21(17)19(13)15;;;;/h7-12H,5-6H2,1-2H3;;;;/q-1;;;;. The molecule has 2 aliphatic carbocycles. The molecule has 0 spiro atoms. The maximum absolute atomic E-state index is 3.54. The van der Waals surface area contributed by atoms with Gasteiger partial charge >= 0.3 is 0 Å². The molecule has 2 heteroatoms. The van der Waals surface area contributed by atoms with Crippen molar-refractivity contribution in [2.24, 2.45) is 0 Å². The number of allylic oxidation sites excluding steroid dienone is 4. The molecule has 0 unspecified atom stereocenters. The number of rotatable bonds is 0. The first kappa shape index (κ1) is 14.8. The Morgan fingerprint density at radius 2 is 1.42 bits per heavy atom. The molecule has 3 aromatic rings. The number of fused-ring (bicyclic) bond motifs is 7. The van der Waals surface area contributed by atoms with Crippen LogP contribution < -0.4 is 0 Å². The monoisotopic (exact) mass is 556 g/mol. The Kier molecular flexibility index (Phi) is 2.98. The SMILES string of the molecule is CC1=[C-]Cc2ccc3ccc4ccc5c(c4c3c21)C(C)=[C]([AlH2])C5.[Bk]. The van der Waals surface area contributed by atoms with Gasteiger partial charge in [-0.1, -0.05) is 54.3 Å². The van der Waals surface area contributed by atoms with Crippen LogP contribution in [0.25, 0.3) is 32.7 Å². The Balaban J connectivity index is 0.00000146. The average molecular weight is 556 g/mol. The molecule has 24 heavy (non-hydrogen) atoms. The number of hydrogen-bond donors (Lipinski definition) is 0. The van der Waals surface area contributed by atoms with Gasteiger partial charge in [0, 0.05) is 0 Å². The van der Waals surface area contributed by atoms with Crippen LogP contribution in [-0.2, 0) is 12.8 Å². The van der Waals surface area contributed by atoms with Crippen molar-refractivity contribution in [3.05, 3.63) is 69.2 Å². The average Bonchev–Trinajstić information content (AvgIpc) is 3.08. The van der Waals surface area contributed by atoms with Crippen molar-refractivity contribution in [2.75, 3.05) is 0 Å². The summed E-state index contributed by atoms with van der Waals surface area (Å²) in [6, 6.07) is 13.8. The largest absolute Gasteiger partial charge is 0.269 e. The Hall–Kier alpha value is -2.81. The molecule has 0 N–H and O–H groups in total. The van der Waals surface area contributed by atoms with Crippen molar-refractivity contribution in [1.29, 1.82) is 0 Å². The van der Waals surface area contributed by atoms with Crippen LogP contribution in [-0.4, -0.2) is 16.3 Å². The Morgan fingerprint density at radius 3 is 2.12 bits per heavy atom. The van der Waals surface area contributed by atoms with E-state index >= 15 is 0 Å². The molecule has 2 aliphatic rings. The van der Waals surface area contributed by atoms with Gasteiger partial charge in [0.05, 0.1) is 0 Å². The van der Waals surface area contributed by atoms with Gasteiger partial charge in [0.1, 0.15) is 0 Å². The van der Waals surface area contributed by atoms with Gasteiger partial charge in [0.15, 0.2) is 0 Å². The van der Waals surface area contributed by atoms with Gasteiger partial charge in [-0.05, 0) is 40.6 Å². The fourth-order valence-electron chi connectivity index (χ4n) is 4.42. The third-order valence-corrected chi connectivity index (χ3v) is 6.83. The van der Waals surface area contributed by atoms with Crippen LogP contribution in [0.2, 0.25) is 0 Å². The van der Waals surface area contributed by atoms with Crippen molar-refractivity contribution < 1.29 is 0 Å². The minimum absolute atomic E-state index is 0. The van der Waals surface area contributed by atoms with E-state index in [0.717, 1.165) is 29.1 Å². The fraction of sp³-hybridized carbons (Fsp3) is 0.182. The predicted molar refractivity (Wildman–Crippen MR) is 102 cm³/mol. The maximum Gasteiger partial charge on any atom is 0.253 e. The van der Waals surface area contributed by atoms with Crippen LogP contribution in [0.4, 0.5) is 0 Å². The van der Waals surface area contributed by atoms with Crippen LogP contribution in [0.1, 0.15) is 36.1 Å². The van der Waals surface area contributed by atoms with E-state index in [0.29, 0.717) is 0 Å². The third kappa shape index (κ3) is 1.70. The zero-order chi connectivity index (χ0) is 15.7. The molecule has 0 aliphatic heterocycles. The number of benzene rings is 3. The number of hydrogen-bond acceptors (Lipinski definition) is 0. The zero-order valence-corrected chi connectivity index (χ0v) is 19.0. The molecule has 0 amide bonds. The molecular weight excluding hydrogens is 538 g/mol. The van der Waals surface area contributed by atoms with E-state index in [-0.39, 0.29) is 0 Å². The summed E-state index contributed by atoms with van der Waals surface area (Å²) in [6.45, 7) is 4.54. The molecule has 0 atom stereocenters. The van der Waals surface area contributed by atoms with Gasteiger partial charge in [-0.25, -0.2) is 5.57 Å². The van der Waals surface area contributed by atoms with E-state index in [9.17, 15) is 0 Å². The summed E-state index contributed by atoms with van der Waals surface area (Å²) in [4.78, 5) is 0. The fourth-order valence-corrected chi connectivity index (χ4v) is 5.05. The van der Waals surface area contributed by atoms with E-state index in [1.165, 1.54) is 54.9 Å². The zero-order valence-electron chi connectivity index (χ0n) is 14.2. The normalized spacial score (nSPS) is 15.5. The van der Waals surface area contributed by atoms with Gasteiger partial charge in [-0.15, -0.1) is 16.4 Å². The van der Waals surface area contributed by atoms with E-state index in [1.807, 2.05) is 0 Å². The van der Waals surface area contributed by atoms with E-state index < -0.39 is 0 Å². The van der Waals surface area contributed by atoms with Crippen molar-refractivity contribution in [3.63, 3.8) is 0 Å². The van der Waals surface area contributed by atoms with E-state index in [2.05, 4.69) is 56.3 Å². The van der Waals surface area contributed by atoms with Crippen molar-refractivity contribution in [3.8, 4) is 0 Å². The molecule has 0 heterocycles. The third-order valence-electron chi connectivity index (χ3n) is 5.73. The van der Waals surface area contributed by atoms with E-state index in [1.54, 1.807) is 4.44 Å². The molecule has 0 bridgehead atoms. The maximum atomic E-state index is 3.54. The minimum Gasteiger partial charge on any atom is -0.269 e. The second kappa shape index (κ2) is 4.84. The second-order valence-corrected chi connectivity index (χ2v) is 8.23. The first-order chi connectivity index (χ1) is 11.1. The summed E-state index contributed by atoms with van der Waals surface area (Å²) in [7, 11) is 0. The first-order valence-electron chi connectivity index (χ1n) is 8.40. The van der Waals surface area contributed by atoms with Gasteiger partial charge < -0.3 is 0 Å². The second-order valence-electron chi connectivity index (χ2n) is 7.02. The van der Waals surface area contributed by atoms with Crippen LogP contribution in [0.15, 0.2) is 40.8 Å². The molecule has 0 aromatic heterocycles. The van der Waals surface area contributed by atoms with E-state index in [4.69, 9.17) is 0 Å². The summed E-state index contributed by atoms with van der Waals surface area (Å²) < 4.78 is 1.65. The molecule has 3 aromatic carbocycles. The Morgan fingerprint density at radius 1 is 0.833 bits per heavy atom. The smallest absolute Gasteiger partial charge is 0.253 e. The summed E-state index contributed by atoms with van der Waals surface area (Å²) >= 11 is 1.16. The van der Waals surface area contributed by atoms with Crippen LogP contribution in [0, 0.1) is 6.08 Å². The minimum atomic E-state index is 0. The quantitative estimate of drug-likeness (QED) is 0.215. The summed E-state index contributed by atoms with van der Waals surface area (Å²) in [5.41, 5.74) is 8.77. The van der Waals surface area contributed by atoms with Gasteiger partial charge in [0.25, 0.3) is 16.3 Å². The molecular formula is C22H18AlBk-. The summed E-state index contributed by atoms with van der Waals surface area (Å²) in [5.74, 6) is 0. The van der Waals surface area contributed by atoms with Crippen LogP contribution in [0.3, 0.4) is 0 Å². The van der Waals surface area contributed by atoms with Crippen molar-refractivity contribution in [2.45, 2.75) is 26.7 Å². The predicted octanol–water partition coefficient (Wildman–Crippen LogP) is 4.68. The van der Waals surface area contributed by atoms with Crippen molar-refractivity contribution in [1.82, 2.24) is 0 Å². The topological polar surface area (TPSA) is 0 Å².